The molecule has 4 nitrogen and oxygen atoms in total. The highest BCUT2D eigenvalue weighted by Crippen LogP contribution is 2.07. The van der Waals surface area contributed by atoms with Crippen LogP contribution in [0.25, 0.3) is 0 Å². The molecule has 0 saturated heterocycles. The number of ether oxygens (including phenoxy) is 1. The summed E-state index contributed by atoms with van der Waals surface area (Å²) in [5.41, 5.74) is 2.57. The van der Waals surface area contributed by atoms with Gasteiger partial charge in [-0.1, -0.05) is 0 Å². The second-order valence-electron chi connectivity index (χ2n) is 2.95. The Morgan fingerprint density at radius 2 is 2.15 bits per heavy atom. The van der Waals surface area contributed by atoms with Gasteiger partial charge < -0.3 is 4.74 Å². The van der Waals surface area contributed by atoms with E-state index in [0.717, 1.165) is 17.8 Å². The van der Waals surface area contributed by atoms with Gasteiger partial charge >= 0.3 is 11.7 Å². The van der Waals surface area contributed by atoms with Crippen LogP contribution in [0.3, 0.4) is 0 Å². The number of nitrogens with one attached hydrogen (secondary N) is 1. The second kappa shape index (κ2) is 3.60. The van der Waals surface area contributed by atoms with E-state index in [0.29, 0.717) is 5.69 Å². The van der Waals surface area contributed by atoms with Crippen LogP contribution in [0, 0.1) is 13.8 Å². The third kappa shape index (κ3) is 1.56. The maximum atomic E-state index is 11.4. The molecule has 0 aliphatic rings. The van der Waals surface area contributed by atoms with Crippen LogP contribution in [-0.4, -0.2) is 18.2 Å². The predicted octanol–water partition coefficient (Wildman–Crippen LogP) is 0.726. The van der Waals surface area contributed by atoms with Crippen LogP contribution in [0.4, 0.5) is 0 Å². The molecule has 0 aromatic carbocycles. The molecular formula is C9H15N2O2+. The van der Waals surface area contributed by atoms with Crippen LogP contribution in [0.15, 0.2) is 0 Å². The monoisotopic (exact) mass is 183 g/mol. The zero-order chi connectivity index (χ0) is 10.0. The van der Waals surface area contributed by atoms with Gasteiger partial charge in [0.25, 0.3) is 0 Å². The molecule has 0 aliphatic heterocycles. The van der Waals surface area contributed by atoms with Gasteiger partial charge in [-0.2, -0.15) is 5.10 Å². The van der Waals surface area contributed by atoms with E-state index in [4.69, 9.17) is 4.74 Å². The Labute approximate surface area is 77.5 Å². The number of esters is 1. The summed E-state index contributed by atoms with van der Waals surface area (Å²) in [7, 11) is 1.39. The first-order valence-corrected chi connectivity index (χ1v) is 4.29. The fraction of sp³-hybridized carbons (Fsp3) is 0.556. The number of hydrogen-bond donors (Lipinski definition) is 1. The average Bonchev–Trinajstić information content (AvgIpc) is 2.42. The molecule has 1 heterocycles. The minimum atomic E-state index is -0.288. The number of hydrogen-bond acceptors (Lipinski definition) is 2. The van der Waals surface area contributed by atoms with Gasteiger partial charge in [-0.25, -0.2) is 4.79 Å². The molecule has 0 radical (unpaired) electrons. The standard InChI is InChI=1S/C9H14N2O2/c1-5-11-8(9(12)13-4)6(2)7(3)10-11/h5H2,1-4H3/p+1. The van der Waals surface area contributed by atoms with Gasteiger partial charge in [0.15, 0.2) is 6.54 Å². The molecule has 72 valence electrons. The smallest absolute Gasteiger partial charge is 0.406 e. The molecule has 0 saturated carbocycles. The Morgan fingerprint density at radius 1 is 1.54 bits per heavy atom. The zero-order valence-electron chi connectivity index (χ0n) is 8.47. The third-order valence-electron chi connectivity index (χ3n) is 2.19. The summed E-state index contributed by atoms with van der Waals surface area (Å²) in [5.74, 6) is -0.288. The van der Waals surface area contributed by atoms with Crippen molar-refractivity contribution in [3.8, 4) is 0 Å². The van der Waals surface area contributed by atoms with Crippen LogP contribution in [0.1, 0.15) is 28.7 Å². The number of carbonyl (C=O) groups excluding carboxylic acids is 1. The zero-order valence-corrected chi connectivity index (χ0v) is 8.47. The molecule has 0 bridgehead atoms. The maximum Gasteiger partial charge on any atom is 0.406 e. The average molecular weight is 183 g/mol. The number of aromatic nitrogens is 2. The minimum Gasteiger partial charge on any atom is -0.461 e. The summed E-state index contributed by atoms with van der Waals surface area (Å²) in [6.07, 6.45) is 0. The summed E-state index contributed by atoms with van der Waals surface area (Å²) < 4.78 is 6.48. The van der Waals surface area contributed by atoms with Crippen molar-refractivity contribution in [3.63, 3.8) is 0 Å². The van der Waals surface area contributed by atoms with Crippen molar-refractivity contribution in [1.29, 1.82) is 0 Å². The lowest BCUT2D eigenvalue weighted by molar-refractivity contribution is -0.749. The predicted molar refractivity (Wildman–Crippen MR) is 47.5 cm³/mol. The van der Waals surface area contributed by atoms with Crippen LogP contribution in [0.5, 0.6) is 0 Å². The summed E-state index contributed by atoms with van der Waals surface area (Å²) >= 11 is 0. The number of nitrogens with zero attached hydrogens (tertiary/aromatic N) is 1. The van der Waals surface area contributed by atoms with Crippen LogP contribution < -0.4 is 4.68 Å². The van der Waals surface area contributed by atoms with E-state index in [1.807, 2.05) is 20.8 Å². The molecule has 0 aliphatic carbocycles. The lowest BCUT2D eigenvalue weighted by atomic mass is 10.2. The fourth-order valence-corrected chi connectivity index (χ4v) is 1.32. The number of carbonyl (C=O) groups is 1. The van der Waals surface area contributed by atoms with Crippen molar-refractivity contribution in [2.24, 2.45) is 0 Å². The number of aryl methyl sites for hydroxylation is 2. The number of aromatic amines is 1. The molecule has 13 heavy (non-hydrogen) atoms. The topological polar surface area (TPSA) is 46.0 Å². The van der Waals surface area contributed by atoms with Crippen molar-refractivity contribution in [3.05, 3.63) is 17.0 Å². The second-order valence-corrected chi connectivity index (χ2v) is 2.95. The molecule has 0 atom stereocenters. The molecule has 0 amide bonds. The van der Waals surface area contributed by atoms with Gasteiger partial charge in [0.2, 0.25) is 0 Å². The van der Waals surface area contributed by atoms with E-state index in [1.165, 1.54) is 7.11 Å². The van der Waals surface area contributed by atoms with Crippen molar-refractivity contribution < 1.29 is 14.2 Å². The van der Waals surface area contributed by atoms with Gasteiger partial charge in [0.1, 0.15) is 0 Å². The van der Waals surface area contributed by atoms with E-state index in [1.54, 1.807) is 4.68 Å². The normalized spacial score (nSPS) is 10.2. The first kappa shape index (κ1) is 9.77. The van der Waals surface area contributed by atoms with Crippen molar-refractivity contribution in [1.82, 2.24) is 5.10 Å². The summed E-state index contributed by atoms with van der Waals surface area (Å²) in [6.45, 7) is 6.55. The molecule has 0 fully saturated rings. The molecular weight excluding hydrogens is 168 g/mol. The number of rotatable bonds is 2. The molecule has 1 rings (SSSR count). The Balaban J connectivity index is 3.23. The van der Waals surface area contributed by atoms with Gasteiger partial charge in [0, 0.05) is 0 Å². The summed E-state index contributed by atoms with van der Waals surface area (Å²) in [5, 5.41) is 3.09. The Hall–Kier alpha value is -1.32. The SMILES string of the molecule is CC[n+]1[nH]c(C)c(C)c1C(=O)OC. The van der Waals surface area contributed by atoms with Gasteiger partial charge in [-0.15, -0.1) is 4.68 Å². The van der Waals surface area contributed by atoms with E-state index in [-0.39, 0.29) is 5.97 Å². The third-order valence-corrected chi connectivity index (χ3v) is 2.19. The Kier molecular flexibility index (Phi) is 2.70. The minimum absolute atomic E-state index is 0.288. The lowest BCUT2D eigenvalue weighted by Crippen LogP contribution is -2.40. The first-order valence-electron chi connectivity index (χ1n) is 4.29. The Bertz CT molecular complexity index is 329. The summed E-state index contributed by atoms with van der Waals surface area (Å²) in [4.78, 5) is 11.4. The van der Waals surface area contributed by atoms with Gasteiger partial charge in [-0.3, -0.25) is 0 Å². The lowest BCUT2D eigenvalue weighted by Gasteiger charge is -1.93. The van der Waals surface area contributed by atoms with E-state index in [2.05, 4.69) is 5.10 Å². The van der Waals surface area contributed by atoms with E-state index >= 15 is 0 Å². The molecule has 0 unspecified atom stereocenters. The highest BCUT2D eigenvalue weighted by atomic mass is 16.5. The fourth-order valence-electron chi connectivity index (χ4n) is 1.32. The number of methoxy groups -OCH3 is 1. The van der Waals surface area contributed by atoms with Crippen LogP contribution >= 0.6 is 0 Å². The van der Waals surface area contributed by atoms with Crippen LogP contribution in [-0.2, 0) is 11.3 Å². The van der Waals surface area contributed by atoms with Crippen molar-refractivity contribution in [2.75, 3.05) is 7.11 Å². The molecule has 4 heteroatoms. The quantitative estimate of drug-likeness (QED) is 0.542. The van der Waals surface area contributed by atoms with Gasteiger partial charge in [0.05, 0.1) is 18.4 Å². The van der Waals surface area contributed by atoms with Crippen molar-refractivity contribution in [2.45, 2.75) is 27.3 Å². The van der Waals surface area contributed by atoms with E-state index in [9.17, 15) is 4.79 Å². The maximum absolute atomic E-state index is 11.4. The van der Waals surface area contributed by atoms with Crippen molar-refractivity contribution >= 4 is 5.97 Å². The molecule has 0 spiro atoms. The van der Waals surface area contributed by atoms with E-state index < -0.39 is 0 Å². The summed E-state index contributed by atoms with van der Waals surface area (Å²) in [6, 6.07) is 0. The number of H-pyrrole nitrogens is 1. The molecule has 1 N–H and O–H groups in total. The molecule has 1 aromatic rings. The first-order chi connectivity index (χ1) is 6.11. The van der Waals surface area contributed by atoms with Gasteiger partial charge in [-0.05, 0) is 20.8 Å². The van der Waals surface area contributed by atoms with Crippen LogP contribution in [0.2, 0.25) is 0 Å². The highest BCUT2D eigenvalue weighted by Gasteiger charge is 2.26. The highest BCUT2D eigenvalue weighted by molar-refractivity contribution is 5.87. The largest absolute Gasteiger partial charge is 0.461 e. The Morgan fingerprint density at radius 3 is 2.62 bits per heavy atom. The molecule has 1 aromatic heterocycles.